The summed E-state index contributed by atoms with van der Waals surface area (Å²) in [6.45, 7) is 16.4. The van der Waals surface area contributed by atoms with Crippen molar-refractivity contribution in [2.24, 2.45) is 17.8 Å². The fourth-order valence-corrected chi connectivity index (χ4v) is 7.36. The Balaban J connectivity index is 1.72. The van der Waals surface area contributed by atoms with Crippen molar-refractivity contribution in [3.63, 3.8) is 0 Å². The number of rotatable bonds is 2. The molecule has 0 unspecified atom stereocenters. The minimum absolute atomic E-state index is 0.534. The largest absolute Gasteiger partial charge is 0.364 e. The minimum Gasteiger partial charge on any atom is -0.364 e. The molecule has 2 aromatic carbocycles. The van der Waals surface area contributed by atoms with Gasteiger partial charge in [-0.1, -0.05) is 68.8 Å². The second kappa shape index (κ2) is 6.76. The Kier molecular flexibility index (Phi) is 4.42. The predicted molar refractivity (Wildman–Crippen MR) is 125 cm³/mol. The van der Waals surface area contributed by atoms with Crippen molar-refractivity contribution in [2.45, 2.75) is 71.9 Å². The van der Waals surface area contributed by atoms with Crippen LogP contribution in [0.15, 0.2) is 43.0 Å². The Morgan fingerprint density at radius 1 is 1.00 bits per heavy atom. The molecule has 0 aromatic heterocycles. The topological polar surface area (TPSA) is 3.24 Å². The monoisotopic (exact) mass is 385 g/mol. The van der Waals surface area contributed by atoms with E-state index >= 15 is 0 Å². The highest BCUT2D eigenvalue weighted by molar-refractivity contribution is 5.75. The first-order chi connectivity index (χ1) is 13.9. The Hall–Kier alpha value is -2.02. The zero-order valence-corrected chi connectivity index (χ0v) is 18.7. The molecule has 152 valence electrons. The molecule has 1 aliphatic heterocycles. The van der Waals surface area contributed by atoms with Crippen molar-refractivity contribution in [3.05, 3.63) is 70.8 Å². The zero-order valence-electron chi connectivity index (χ0n) is 18.7. The lowest BCUT2D eigenvalue weighted by Crippen LogP contribution is -2.43. The lowest BCUT2D eigenvalue weighted by molar-refractivity contribution is 0.251. The number of hydrogen-bond donors (Lipinski definition) is 0. The molecule has 1 saturated heterocycles. The van der Waals surface area contributed by atoms with E-state index in [0.29, 0.717) is 35.8 Å². The maximum absolute atomic E-state index is 4.72. The van der Waals surface area contributed by atoms with Crippen LogP contribution in [0, 0.1) is 38.5 Å². The second-order valence-corrected chi connectivity index (χ2v) is 10.2. The standard InChI is InChI=1S/C28H35N/c1-16(2)27-25-20(6)21-10-7-8-11-22(21)23-12-9-13-24(26(23)25)29(27)28-18(4)14-17(3)15-19(28)5/h7-8,10-11,14-16,23-27H,6,9,12-13H2,1-5H3/t23-,24-,25-,26+,27+/m1/s1. The summed E-state index contributed by atoms with van der Waals surface area (Å²) in [5.41, 5.74) is 10.2. The van der Waals surface area contributed by atoms with Gasteiger partial charge < -0.3 is 4.90 Å². The van der Waals surface area contributed by atoms with E-state index in [1.165, 1.54) is 52.8 Å². The third-order valence-electron chi connectivity index (χ3n) is 8.07. The van der Waals surface area contributed by atoms with E-state index in [2.05, 4.69) is 75.9 Å². The van der Waals surface area contributed by atoms with Crippen molar-refractivity contribution >= 4 is 11.3 Å². The molecule has 5 atom stereocenters. The molecule has 2 fully saturated rings. The first kappa shape index (κ1) is 19.0. The molecule has 2 aromatic rings. The molecule has 1 saturated carbocycles. The van der Waals surface area contributed by atoms with Crippen molar-refractivity contribution in [1.82, 2.24) is 0 Å². The Morgan fingerprint density at radius 3 is 2.38 bits per heavy atom. The summed E-state index contributed by atoms with van der Waals surface area (Å²) in [4.78, 5) is 2.88. The molecule has 3 aliphatic rings. The first-order valence-corrected chi connectivity index (χ1v) is 11.5. The van der Waals surface area contributed by atoms with Crippen LogP contribution in [0.2, 0.25) is 0 Å². The van der Waals surface area contributed by atoms with Gasteiger partial charge in [0.2, 0.25) is 0 Å². The molecule has 0 bridgehead atoms. The van der Waals surface area contributed by atoms with Gasteiger partial charge in [-0.2, -0.15) is 0 Å². The molecule has 0 spiro atoms. The molecular formula is C28H35N. The van der Waals surface area contributed by atoms with Gasteiger partial charge in [0, 0.05) is 23.7 Å². The van der Waals surface area contributed by atoms with Crippen molar-refractivity contribution in [2.75, 3.05) is 4.90 Å². The van der Waals surface area contributed by atoms with Gasteiger partial charge in [-0.15, -0.1) is 0 Å². The third-order valence-corrected chi connectivity index (χ3v) is 8.07. The molecule has 0 radical (unpaired) electrons. The van der Waals surface area contributed by atoms with E-state index in [-0.39, 0.29) is 0 Å². The molecular weight excluding hydrogens is 350 g/mol. The smallest absolute Gasteiger partial charge is 0.0431 e. The lowest BCUT2D eigenvalue weighted by Gasteiger charge is -2.43. The average Bonchev–Trinajstić information content (AvgIpc) is 3.02. The number of fused-ring (bicyclic) bond motifs is 2. The minimum atomic E-state index is 0.534. The first-order valence-electron chi connectivity index (χ1n) is 11.5. The van der Waals surface area contributed by atoms with Crippen molar-refractivity contribution < 1.29 is 0 Å². The predicted octanol–water partition coefficient (Wildman–Crippen LogP) is 7.05. The SMILES string of the molecule is C=C1c2ccccc2[C@H]2CCC[C@@H]3[C@H]2[C@@H]1[C@H](C(C)C)N3c1c(C)cc(C)cc1C. The van der Waals surface area contributed by atoms with Gasteiger partial charge in [0.15, 0.2) is 0 Å². The van der Waals surface area contributed by atoms with Crippen LogP contribution >= 0.6 is 0 Å². The summed E-state index contributed by atoms with van der Waals surface area (Å²) in [6.07, 6.45) is 4.00. The van der Waals surface area contributed by atoms with Gasteiger partial charge in [-0.25, -0.2) is 0 Å². The molecule has 0 amide bonds. The Morgan fingerprint density at radius 2 is 1.69 bits per heavy atom. The van der Waals surface area contributed by atoms with E-state index in [0.717, 1.165) is 0 Å². The summed E-state index contributed by atoms with van der Waals surface area (Å²) in [5.74, 6) is 2.57. The number of benzene rings is 2. The molecule has 2 aliphatic carbocycles. The summed E-state index contributed by atoms with van der Waals surface area (Å²) in [6, 6.07) is 15.1. The molecule has 1 heterocycles. The van der Waals surface area contributed by atoms with Gasteiger partial charge in [0.1, 0.15) is 0 Å². The Labute approximate surface area is 176 Å². The molecule has 1 nitrogen and oxygen atoms in total. The summed E-state index contributed by atoms with van der Waals surface area (Å²) in [5, 5.41) is 0. The van der Waals surface area contributed by atoms with Gasteiger partial charge in [0.25, 0.3) is 0 Å². The summed E-state index contributed by atoms with van der Waals surface area (Å²) < 4.78 is 0. The van der Waals surface area contributed by atoms with Crippen LogP contribution in [0.3, 0.4) is 0 Å². The van der Waals surface area contributed by atoms with Crippen LogP contribution < -0.4 is 4.90 Å². The highest BCUT2D eigenvalue weighted by atomic mass is 15.2. The maximum Gasteiger partial charge on any atom is 0.0431 e. The summed E-state index contributed by atoms with van der Waals surface area (Å²) >= 11 is 0. The van der Waals surface area contributed by atoms with E-state index < -0.39 is 0 Å². The van der Waals surface area contributed by atoms with Gasteiger partial charge in [-0.3, -0.25) is 0 Å². The van der Waals surface area contributed by atoms with Gasteiger partial charge in [-0.05, 0) is 79.2 Å². The fourth-order valence-electron chi connectivity index (χ4n) is 7.36. The molecule has 5 rings (SSSR count). The van der Waals surface area contributed by atoms with E-state index in [1.54, 1.807) is 5.56 Å². The van der Waals surface area contributed by atoms with Crippen LogP contribution in [-0.2, 0) is 0 Å². The molecule has 0 N–H and O–H groups in total. The normalized spacial score (nSPS) is 30.5. The van der Waals surface area contributed by atoms with Gasteiger partial charge >= 0.3 is 0 Å². The van der Waals surface area contributed by atoms with E-state index in [1.807, 2.05) is 0 Å². The molecule has 29 heavy (non-hydrogen) atoms. The van der Waals surface area contributed by atoms with E-state index in [9.17, 15) is 0 Å². The summed E-state index contributed by atoms with van der Waals surface area (Å²) in [7, 11) is 0. The lowest BCUT2D eigenvalue weighted by atomic mass is 9.60. The highest BCUT2D eigenvalue weighted by Crippen LogP contribution is 2.60. The fraction of sp³-hybridized carbons (Fsp3) is 0.500. The molecule has 1 heteroatoms. The third kappa shape index (κ3) is 2.66. The van der Waals surface area contributed by atoms with Crippen LogP contribution in [0.25, 0.3) is 5.57 Å². The van der Waals surface area contributed by atoms with Gasteiger partial charge in [0.05, 0.1) is 0 Å². The maximum atomic E-state index is 4.72. The second-order valence-electron chi connectivity index (χ2n) is 10.2. The van der Waals surface area contributed by atoms with Crippen molar-refractivity contribution in [1.29, 1.82) is 0 Å². The number of hydrogen-bond acceptors (Lipinski definition) is 1. The van der Waals surface area contributed by atoms with Crippen LogP contribution in [0.4, 0.5) is 5.69 Å². The number of anilines is 1. The average molecular weight is 386 g/mol. The quantitative estimate of drug-likeness (QED) is 0.535. The van der Waals surface area contributed by atoms with E-state index in [4.69, 9.17) is 6.58 Å². The van der Waals surface area contributed by atoms with Crippen molar-refractivity contribution in [3.8, 4) is 0 Å². The van der Waals surface area contributed by atoms with Crippen LogP contribution in [0.1, 0.15) is 66.8 Å². The number of nitrogens with zero attached hydrogens (tertiary/aromatic N) is 1. The zero-order chi connectivity index (χ0) is 20.4. The highest BCUT2D eigenvalue weighted by Gasteiger charge is 2.57. The van der Waals surface area contributed by atoms with Crippen LogP contribution in [0.5, 0.6) is 0 Å². The van der Waals surface area contributed by atoms with Crippen LogP contribution in [-0.4, -0.2) is 12.1 Å². The Bertz CT molecular complexity index is 945. The number of aryl methyl sites for hydroxylation is 3.